The lowest BCUT2D eigenvalue weighted by atomic mass is 9.88. The van der Waals surface area contributed by atoms with Gasteiger partial charge in [0.15, 0.2) is 0 Å². The predicted octanol–water partition coefficient (Wildman–Crippen LogP) is 1.02. The molecule has 52 heavy (non-hydrogen) atoms. The van der Waals surface area contributed by atoms with E-state index in [4.69, 9.17) is 0 Å². The molecule has 0 spiro atoms. The summed E-state index contributed by atoms with van der Waals surface area (Å²) in [6.45, 7) is 8.94. The Morgan fingerprint density at radius 3 is 1.29 bits per heavy atom. The van der Waals surface area contributed by atoms with Crippen LogP contribution in [0.5, 0.6) is 0 Å². The molecule has 4 amide bonds. The summed E-state index contributed by atoms with van der Waals surface area (Å²) >= 11 is 0. The molecule has 2 heterocycles. The van der Waals surface area contributed by atoms with Gasteiger partial charge in [-0.25, -0.2) is 0 Å². The summed E-state index contributed by atoms with van der Waals surface area (Å²) in [6, 6.07) is 22.7. The van der Waals surface area contributed by atoms with Crippen molar-refractivity contribution in [3.8, 4) is 0 Å². The second-order valence-electron chi connectivity index (χ2n) is 16.5. The lowest BCUT2D eigenvalue weighted by Gasteiger charge is -2.40. The third-order valence-corrected chi connectivity index (χ3v) is 10.6. The third kappa shape index (κ3) is 8.67. The van der Waals surface area contributed by atoms with Gasteiger partial charge < -0.3 is 42.9 Å². The maximum absolute atomic E-state index is 13.5. The van der Waals surface area contributed by atoms with Gasteiger partial charge in [0.2, 0.25) is 0 Å². The fourth-order valence-electron chi connectivity index (χ4n) is 8.43. The molecule has 4 aromatic rings. The summed E-state index contributed by atoms with van der Waals surface area (Å²) < 4.78 is 1.68. The van der Waals surface area contributed by atoms with Crippen molar-refractivity contribution in [2.45, 2.75) is 46.0 Å². The van der Waals surface area contributed by atoms with Crippen LogP contribution in [0.25, 0.3) is 21.5 Å². The van der Waals surface area contributed by atoms with Crippen LogP contribution in [0.4, 0.5) is 0 Å². The Kier molecular flexibility index (Phi) is 12.9. The van der Waals surface area contributed by atoms with Crippen molar-refractivity contribution in [2.24, 2.45) is 5.41 Å². The van der Waals surface area contributed by atoms with Gasteiger partial charge in [0.05, 0.1) is 54.4 Å². The number of unbranched alkanes of at least 4 members (excludes halogenated alkanes) is 3. The van der Waals surface area contributed by atoms with Crippen molar-refractivity contribution in [1.29, 1.82) is 0 Å². The fourth-order valence-corrected chi connectivity index (χ4v) is 8.43. The largest absolute Gasteiger partial charge is 1.00 e. The zero-order valence-corrected chi connectivity index (χ0v) is 34.6. The summed E-state index contributed by atoms with van der Waals surface area (Å²) in [4.78, 5) is 56.4. The quantitative estimate of drug-likeness (QED) is 0.102. The number of carbonyl (C=O) groups excluding carboxylic acids is 4. The van der Waals surface area contributed by atoms with Gasteiger partial charge in [-0.2, -0.15) is 0 Å². The molecule has 8 nitrogen and oxygen atoms in total. The monoisotopic (exact) mass is 834 g/mol. The fraction of sp³-hybridized carbons (Fsp3) is 0.429. The molecule has 4 aromatic carbocycles. The number of rotatable bonds is 15. The Labute approximate surface area is 329 Å². The summed E-state index contributed by atoms with van der Waals surface area (Å²) in [6.07, 6.45) is 5.29. The van der Waals surface area contributed by atoms with E-state index >= 15 is 0 Å². The Balaban J connectivity index is 0.00000302. The van der Waals surface area contributed by atoms with Gasteiger partial charge in [-0.3, -0.25) is 29.0 Å². The van der Waals surface area contributed by atoms with Crippen LogP contribution in [-0.4, -0.2) is 110 Å². The van der Waals surface area contributed by atoms with Gasteiger partial charge in [-0.15, -0.1) is 0 Å². The van der Waals surface area contributed by atoms with Crippen LogP contribution in [0.1, 0.15) is 87.4 Å². The highest BCUT2D eigenvalue weighted by Gasteiger charge is 2.39. The molecule has 2 aliphatic heterocycles. The molecule has 0 aliphatic carbocycles. The first-order chi connectivity index (χ1) is 23.7. The second-order valence-corrected chi connectivity index (χ2v) is 16.5. The number of halogens is 2. The topological polar surface area (TPSA) is 74.8 Å². The number of carbonyl (C=O) groups is 4. The Bertz CT molecular complexity index is 1890. The molecule has 0 N–H and O–H groups in total. The number of hydrogen-bond acceptors (Lipinski definition) is 4. The van der Waals surface area contributed by atoms with Gasteiger partial charge in [0.1, 0.15) is 0 Å². The highest BCUT2D eigenvalue weighted by atomic mass is 79.9. The average molecular weight is 837 g/mol. The molecule has 0 unspecified atom stereocenters. The van der Waals surface area contributed by atoms with E-state index in [1.54, 1.807) is 0 Å². The molecule has 0 radical (unpaired) electrons. The highest BCUT2D eigenvalue weighted by Crippen LogP contribution is 2.33. The van der Waals surface area contributed by atoms with Crippen molar-refractivity contribution in [1.82, 2.24) is 9.80 Å². The van der Waals surface area contributed by atoms with Gasteiger partial charge in [-0.1, -0.05) is 62.4 Å². The van der Waals surface area contributed by atoms with Gasteiger partial charge in [0, 0.05) is 58.0 Å². The Morgan fingerprint density at radius 1 is 0.500 bits per heavy atom. The molecular formula is C42H52Br2N4O4. The first kappa shape index (κ1) is 41.3. The van der Waals surface area contributed by atoms with Crippen LogP contribution in [-0.2, 0) is 0 Å². The number of imide groups is 2. The maximum Gasteiger partial charge on any atom is 0.261 e. The summed E-state index contributed by atoms with van der Waals surface area (Å²) in [5.74, 6) is -0.773. The number of amides is 4. The number of benzene rings is 4. The normalized spacial score (nSPS) is 14.6. The Hall–Kier alpha value is -3.44. The van der Waals surface area contributed by atoms with Crippen molar-refractivity contribution in [2.75, 3.05) is 67.5 Å². The molecule has 0 saturated heterocycles. The smallest absolute Gasteiger partial charge is 0.261 e. The van der Waals surface area contributed by atoms with E-state index in [0.717, 1.165) is 88.8 Å². The molecular weight excluding hydrogens is 784 g/mol. The number of hydrogen-bond donors (Lipinski definition) is 0. The first-order valence-electron chi connectivity index (χ1n) is 18.1. The van der Waals surface area contributed by atoms with Crippen LogP contribution in [0, 0.1) is 5.41 Å². The third-order valence-electron chi connectivity index (χ3n) is 10.6. The van der Waals surface area contributed by atoms with E-state index in [-0.39, 0.29) is 63.0 Å². The SMILES string of the molecule is CC(C)(CN1C(=O)c2cccc3cccc(c23)C1=O)C[N+](C)(C)CCCCCC[N+](C)(C)CCCN1C(=O)c2cccc3cccc(c23)C1=O.[Br-].[Br-]. The van der Waals surface area contributed by atoms with Crippen molar-refractivity contribution in [3.63, 3.8) is 0 Å². The zero-order chi connectivity index (χ0) is 35.8. The summed E-state index contributed by atoms with van der Waals surface area (Å²) in [7, 11) is 8.95. The average Bonchev–Trinajstić information content (AvgIpc) is 3.06. The highest BCUT2D eigenvalue weighted by molar-refractivity contribution is 6.26. The van der Waals surface area contributed by atoms with E-state index in [9.17, 15) is 19.2 Å². The molecule has 0 bridgehead atoms. The van der Waals surface area contributed by atoms with Crippen LogP contribution in [0.3, 0.4) is 0 Å². The van der Waals surface area contributed by atoms with E-state index in [1.165, 1.54) is 9.80 Å². The Morgan fingerprint density at radius 2 is 0.865 bits per heavy atom. The van der Waals surface area contributed by atoms with Gasteiger partial charge in [0.25, 0.3) is 23.6 Å². The number of nitrogens with zero attached hydrogens (tertiary/aromatic N) is 4. The van der Waals surface area contributed by atoms with Crippen LogP contribution >= 0.6 is 0 Å². The second kappa shape index (κ2) is 16.3. The lowest BCUT2D eigenvalue weighted by Crippen LogP contribution is -3.00. The lowest BCUT2D eigenvalue weighted by molar-refractivity contribution is -0.896. The minimum Gasteiger partial charge on any atom is -1.00 e. The minimum absolute atomic E-state index is 0. The van der Waals surface area contributed by atoms with Crippen molar-refractivity contribution in [3.05, 3.63) is 95.1 Å². The molecule has 0 fully saturated rings. The molecule has 6 rings (SSSR count). The van der Waals surface area contributed by atoms with Crippen LogP contribution in [0.15, 0.2) is 72.8 Å². The van der Waals surface area contributed by atoms with Crippen molar-refractivity contribution >= 4 is 45.2 Å². The summed E-state index contributed by atoms with van der Waals surface area (Å²) in [5, 5.41) is 3.40. The summed E-state index contributed by atoms with van der Waals surface area (Å²) in [5.41, 5.74) is 2.21. The van der Waals surface area contributed by atoms with E-state index in [2.05, 4.69) is 42.0 Å². The molecule has 278 valence electrons. The molecule has 0 saturated carbocycles. The molecule has 0 atom stereocenters. The first-order valence-corrected chi connectivity index (χ1v) is 18.1. The van der Waals surface area contributed by atoms with Gasteiger partial charge >= 0.3 is 0 Å². The van der Waals surface area contributed by atoms with Crippen molar-refractivity contribution < 1.29 is 62.1 Å². The molecule has 0 aromatic heterocycles. The van der Waals surface area contributed by atoms with Gasteiger partial charge in [-0.05, 0) is 60.7 Å². The van der Waals surface area contributed by atoms with Crippen LogP contribution in [0.2, 0.25) is 0 Å². The van der Waals surface area contributed by atoms with E-state index in [1.807, 2.05) is 72.8 Å². The molecule has 2 aliphatic rings. The van der Waals surface area contributed by atoms with Crippen LogP contribution < -0.4 is 34.0 Å². The van der Waals surface area contributed by atoms with E-state index < -0.39 is 0 Å². The predicted molar refractivity (Wildman–Crippen MR) is 199 cm³/mol. The van der Waals surface area contributed by atoms with E-state index in [0.29, 0.717) is 35.3 Å². The maximum atomic E-state index is 13.5. The number of quaternary nitrogens is 2. The minimum atomic E-state index is -0.253. The standard InChI is InChI=1S/C42H52N4O4.2BrH/c1-42(2,28-44-40(49)34-22-13-18-31-19-14-23-35(37(31)34)41(44)50)29-46(5,6)26-10-8-7-9-25-45(3,4)27-15-24-43-38(47)32-20-11-16-30-17-12-21-33(36(30)32)39(43)48;;/h11-14,16-23H,7-10,15,24-29H2,1-6H3;2*1H/q+2;;/p-2. The molecule has 10 heteroatoms. The zero-order valence-electron chi connectivity index (χ0n) is 31.4.